The number of esters is 2. The Labute approximate surface area is 197 Å². The predicted octanol–water partition coefficient (Wildman–Crippen LogP) is 3.68. The first-order valence-electron chi connectivity index (χ1n) is 11.7. The van der Waals surface area contributed by atoms with Crippen LogP contribution in [0.4, 0.5) is 5.00 Å². The smallest absolute Gasteiger partial charge is 0.341 e. The number of anilines is 1. The minimum atomic E-state index is -0.615. The number of carbonyl (C=O) groups excluding carboxylic acids is 4. The molecule has 1 heterocycles. The predicted molar refractivity (Wildman–Crippen MR) is 123 cm³/mol. The summed E-state index contributed by atoms with van der Waals surface area (Å²) in [6.07, 6.45) is 7.57. The van der Waals surface area contributed by atoms with Crippen LogP contribution >= 0.6 is 11.3 Å². The molecule has 180 valence electrons. The Bertz CT molecular complexity index is 933. The van der Waals surface area contributed by atoms with Gasteiger partial charge in [-0.1, -0.05) is 0 Å². The van der Waals surface area contributed by atoms with Crippen molar-refractivity contribution in [2.75, 3.05) is 25.6 Å². The molecule has 5 rings (SSSR count). The van der Waals surface area contributed by atoms with Crippen molar-refractivity contribution < 1.29 is 28.7 Å². The van der Waals surface area contributed by atoms with E-state index in [4.69, 9.17) is 9.47 Å². The van der Waals surface area contributed by atoms with Crippen LogP contribution in [0.25, 0.3) is 0 Å². The van der Waals surface area contributed by atoms with Gasteiger partial charge in [-0.25, -0.2) is 4.79 Å². The second-order valence-electron chi connectivity index (χ2n) is 9.86. The van der Waals surface area contributed by atoms with Gasteiger partial charge < -0.3 is 20.1 Å². The lowest BCUT2D eigenvalue weighted by atomic mass is 9.49. The summed E-state index contributed by atoms with van der Waals surface area (Å²) in [5.74, 6) is 0.358. The summed E-state index contributed by atoms with van der Waals surface area (Å²) in [6.45, 7) is 3.05. The topological polar surface area (TPSA) is 111 Å². The van der Waals surface area contributed by atoms with Crippen LogP contribution in [0.5, 0.6) is 0 Å². The molecule has 1 aromatic rings. The SMILES string of the molecule is CCOC(=O)c1c(NC(=O)COC(=O)CC23CC4CC(CC(C4)C2)C3)sc(C(=O)NC)c1C. The molecule has 2 N–H and O–H groups in total. The Kier molecular flexibility index (Phi) is 6.79. The minimum absolute atomic E-state index is 0.0483. The van der Waals surface area contributed by atoms with Crippen LogP contribution in [0, 0.1) is 30.1 Å². The highest BCUT2D eigenvalue weighted by Crippen LogP contribution is 2.61. The number of amides is 2. The van der Waals surface area contributed by atoms with E-state index in [1.54, 1.807) is 13.8 Å². The van der Waals surface area contributed by atoms with Crippen LogP contribution in [0.3, 0.4) is 0 Å². The molecular formula is C24H32N2O6S. The van der Waals surface area contributed by atoms with E-state index in [9.17, 15) is 19.2 Å². The highest BCUT2D eigenvalue weighted by molar-refractivity contribution is 7.18. The molecule has 0 aliphatic heterocycles. The maximum Gasteiger partial charge on any atom is 0.341 e. The van der Waals surface area contributed by atoms with Crippen molar-refractivity contribution in [3.05, 3.63) is 16.0 Å². The molecule has 0 spiro atoms. The molecule has 0 aromatic carbocycles. The Morgan fingerprint density at radius 2 is 1.64 bits per heavy atom. The normalized spacial score (nSPS) is 27.2. The zero-order chi connectivity index (χ0) is 23.8. The number of nitrogens with one attached hydrogen (secondary N) is 2. The zero-order valence-electron chi connectivity index (χ0n) is 19.5. The largest absolute Gasteiger partial charge is 0.462 e. The number of hydrogen-bond donors (Lipinski definition) is 2. The van der Waals surface area contributed by atoms with E-state index in [2.05, 4.69) is 10.6 Å². The lowest BCUT2D eigenvalue weighted by Crippen LogP contribution is -2.47. The minimum Gasteiger partial charge on any atom is -0.462 e. The summed E-state index contributed by atoms with van der Waals surface area (Å²) in [7, 11) is 1.49. The zero-order valence-corrected chi connectivity index (χ0v) is 20.3. The van der Waals surface area contributed by atoms with Crippen LogP contribution in [-0.4, -0.2) is 44.0 Å². The van der Waals surface area contributed by atoms with Crippen LogP contribution < -0.4 is 10.6 Å². The molecule has 33 heavy (non-hydrogen) atoms. The fourth-order valence-electron chi connectivity index (χ4n) is 6.55. The van der Waals surface area contributed by atoms with Crippen LogP contribution in [0.15, 0.2) is 0 Å². The van der Waals surface area contributed by atoms with Gasteiger partial charge in [0, 0.05) is 7.05 Å². The lowest BCUT2D eigenvalue weighted by Gasteiger charge is -2.56. The second-order valence-corrected chi connectivity index (χ2v) is 10.9. The van der Waals surface area contributed by atoms with Gasteiger partial charge in [0.15, 0.2) is 6.61 Å². The third-order valence-electron chi connectivity index (χ3n) is 7.36. The number of ether oxygens (including phenoxy) is 2. The van der Waals surface area contributed by atoms with E-state index in [0.717, 1.165) is 48.4 Å². The third-order valence-corrected chi connectivity index (χ3v) is 8.57. The van der Waals surface area contributed by atoms with Gasteiger partial charge in [-0.3, -0.25) is 14.4 Å². The van der Waals surface area contributed by atoms with E-state index in [1.165, 1.54) is 26.3 Å². The fraction of sp³-hybridized carbons (Fsp3) is 0.667. The summed E-state index contributed by atoms with van der Waals surface area (Å²) in [4.78, 5) is 50.0. The van der Waals surface area contributed by atoms with Crippen molar-refractivity contribution in [1.29, 1.82) is 0 Å². The lowest BCUT2D eigenvalue weighted by molar-refractivity contribution is -0.154. The molecule has 8 nitrogen and oxygen atoms in total. The Morgan fingerprint density at radius 3 is 2.18 bits per heavy atom. The van der Waals surface area contributed by atoms with Crippen molar-refractivity contribution in [2.24, 2.45) is 23.2 Å². The summed E-state index contributed by atoms with van der Waals surface area (Å²) in [5, 5.41) is 5.37. The summed E-state index contributed by atoms with van der Waals surface area (Å²) < 4.78 is 10.4. The molecule has 0 unspecified atom stereocenters. The van der Waals surface area contributed by atoms with E-state index in [1.807, 2.05) is 0 Å². The fourth-order valence-corrected chi connectivity index (χ4v) is 7.71. The average molecular weight is 477 g/mol. The Morgan fingerprint density at radius 1 is 1.03 bits per heavy atom. The van der Waals surface area contributed by atoms with Crippen molar-refractivity contribution in [3.8, 4) is 0 Å². The third kappa shape index (κ3) is 4.93. The van der Waals surface area contributed by atoms with Gasteiger partial charge in [-0.2, -0.15) is 0 Å². The molecule has 0 radical (unpaired) electrons. The van der Waals surface area contributed by atoms with Crippen molar-refractivity contribution in [2.45, 2.75) is 58.8 Å². The van der Waals surface area contributed by atoms with Gasteiger partial charge in [0.05, 0.1) is 23.5 Å². The summed E-state index contributed by atoms with van der Waals surface area (Å²) >= 11 is 0.995. The molecule has 4 aliphatic rings. The van der Waals surface area contributed by atoms with E-state index >= 15 is 0 Å². The van der Waals surface area contributed by atoms with Gasteiger partial charge in [0.2, 0.25) is 0 Å². The molecule has 4 saturated carbocycles. The van der Waals surface area contributed by atoms with Crippen molar-refractivity contribution in [1.82, 2.24) is 5.32 Å². The molecule has 1 aromatic heterocycles. The van der Waals surface area contributed by atoms with E-state index in [0.29, 0.717) is 16.9 Å². The molecule has 4 aliphatic carbocycles. The van der Waals surface area contributed by atoms with Gasteiger partial charge in [-0.05, 0) is 81.1 Å². The summed E-state index contributed by atoms with van der Waals surface area (Å²) in [6, 6.07) is 0. The number of carbonyl (C=O) groups is 4. The molecule has 2 amide bonds. The molecule has 9 heteroatoms. The quantitative estimate of drug-likeness (QED) is 0.554. The highest BCUT2D eigenvalue weighted by atomic mass is 32.1. The molecule has 4 bridgehead atoms. The number of hydrogen-bond acceptors (Lipinski definition) is 7. The van der Waals surface area contributed by atoms with E-state index in [-0.39, 0.29) is 34.5 Å². The molecule has 0 saturated heterocycles. The Balaban J connectivity index is 1.37. The Hall–Kier alpha value is -2.42. The molecule has 0 atom stereocenters. The first-order chi connectivity index (χ1) is 15.7. The van der Waals surface area contributed by atoms with Crippen molar-refractivity contribution in [3.63, 3.8) is 0 Å². The standard InChI is InChI=1S/C24H32N2O6S/c1-4-31-23(30)19-13(2)20(21(29)25-3)33-22(19)26-17(27)12-32-18(28)11-24-8-14-5-15(9-24)7-16(6-14)10-24/h14-16H,4-12H2,1-3H3,(H,25,29)(H,26,27). The molecule has 4 fully saturated rings. The summed E-state index contributed by atoms with van der Waals surface area (Å²) in [5.41, 5.74) is 0.632. The van der Waals surface area contributed by atoms with Crippen molar-refractivity contribution >= 4 is 40.1 Å². The number of thiophene rings is 1. The average Bonchev–Trinajstić information content (AvgIpc) is 3.06. The van der Waals surface area contributed by atoms with Crippen LogP contribution in [0.2, 0.25) is 0 Å². The van der Waals surface area contributed by atoms with Gasteiger partial charge in [0.25, 0.3) is 11.8 Å². The maximum atomic E-state index is 12.6. The van der Waals surface area contributed by atoms with Crippen LogP contribution in [-0.2, 0) is 19.1 Å². The maximum absolute atomic E-state index is 12.6. The van der Waals surface area contributed by atoms with Gasteiger partial charge in [0.1, 0.15) is 5.00 Å². The van der Waals surface area contributed by atoms with E-state index < -0.39 is 18.5 Å². The first kappa shape index (κ1) is 23.7. The monoisotopic (exact) mass is 476 g/mol. The van der Waals surface area contributed by atoms with Gasteiger partial charge in [-0.15, -0.1) is 11.3 Å². The van der Waals surface area contributed by atoms with Crippen LogP contribution in [0.1, 0.15) is 77.5 Å². The first-order valence-corrected chi connectivity index (χ1v) is 12.5. The molecular weight excluding hydrogens is 444 g/mol. The highest BCUT2D eigenvalue weighted by Gasteiger charge is 2.51. The second kappa shape index (κ2) is 9.44. The number of rotatable bonds is 8. The van der Waals surface area contributed by atoms with Gasteiger partial charge >= 0.3 is 11.9 Å².